The number of nitrogens with zero attached hydrogens (tertiary/aromatic N) is 2. The molecular formula is C22H22F2N2O. The molecule has 1 aliphatic rings. The second-order valence-corrected chi connectivity index (χ2v) is 8.39. The van der Waals surface area contributed by atoms with Gasteiger partial charge in [-0.05, 0) is 47.9 Å². The molecule has 0 spiro atoms. The maximum Gasteiger partial charge on any atom is 0.223 e. The third-order valence-corrected chi connectivity index (χ3v) is 4.95. The summed E-state index contributed by atoms with van der Waals surface area (Å²) in [6.07, 6.45) is 0.458. The Balaban J connectivity index is 1.81. The molecule has 3 aromatic rings. The molecule has 0 saturated heterocycles. The van der Waals surface area contributed by atoms with Gasteiger partial charge in [-0.1, -0.05) is 20.8 Å². The minimum atomic E-state index is -0.306. The quantitative estimate of drug-likeness (QED) is 0.611. The van der Waals surface area contributed by atoms with E-state index in [0.29, 0.717) is 19.5 Å². The van der Waals surface area contributed by atoms with Crippen LogP contribution in [-0.4, -0.2) is 15.4 Å². The zero-order valence-corrected chi connectivity index (χ0v) is 15.7. The number of aromatic nitrogens is 1. The highest BCUT2D eigenvalue weighted by molar-refractivity contribution is 5.89. The number of amides is 1. The van der Waals surface area contributed by atoms with Gasteiger partial charge in [-0.25, -0.2) is 8.78 Å². The Morgan fingerprint density at radius 3 is 2.33 bits per heavy atom. The van der Waals surface area contributed by atoms with Crippen LogP contribution >= 0.6 is 0 Å². The molecule has 0 unspecified atom stereocenters. The number of benzene rings is 2. The normalized spacial score (nSPS) is 14.0. The minimum Gasteiger partial charge on any atom is -0.332 e. The lowest BCUT2D eigenvalue weighted by atomic mass is 9.91. The third-order valence-electron chi connectivity index (χ3n) is 4.95. The molecule has 0 fully saturated rings. The van der Waals surface area contributed by atoms with Gasteiger partial charge in [-0.3, -0.25) is 4.79 Å². The Morgan fingerprint density at radius 2 is 1.67 bits per heavy atom. The Bertz CT molecular complexity index is 1030. The second-order valence-electron chi connectivity index (χ2n) is 8.39. The van der Waals surface area contributed by atoms with E-state index in [0.717, 1.165) is 27.8 Å². The van der Waals surface area contributed by atoms with E-state index in [2.05, 4.69) is 0 Å². The molecule has 3 nitrogen and oxygen atoms in total. The van der Waals surface area contributed by atoms with Gasteiger partial charge in [-0.2, -0.15) is 0 Å². The van der Waals surface area contributed by atoms with Gasteiger partial charge < -0.3 is 9.47 Å². The van der Waals surface area contributed by atoms with Crippen LogP contribution < -0.4 is 0 Å². The summed E-state index contributed by atoms with van der Waals surface area (Å²) in [4.78, 5) is 14.5. The zero-order chi connectivity index (χ0) is 19.3. The van der Waals surface area contributed by atoms with Crippen molar-refractivity contribution in [2.75, 3.05) is 0 Å². The smallest absolute Gasteiger partial charge is 0.223 e. The first kappa shape index (κ1) is 17.7. The SMILES string of the molecule is CC(C)(C)CC(=O)N1Cc2c(n(-c3ccc(F)cc3)c3ccc(F)cc23)C1. The third kappa shape index (κ3) is 3.22. The second kappa shape index (κ2) is 6.19. The molecule has 140 valence electrons. The van der Waals surface area contributed by atoms with Gasteiger partial charge in [0, 0.05) is 35.3 Å². The largest absolute Gasteiger partial charge is 0.332 e. The minimum absolute atomic E-state index is 0.0916. The van der Waals surface area contributed by atoms with Crippen LogP contribution in [0.2, 0.25) is 0 Å². The Labute approximate surface area is 157 Å². The maximum absolute atomic E-state index is 13.9. The lowest BCUT2D eigenvalue weighted by Crippen LogP contribution is -2.29. The molecule has 0 atom stereocenters. The highest BCUT2D eigenvalue weighted by Crippen LogP contribution is 2.37. The summed E-state index contributed by atoms with van der Waals surface area (Å²) in [5, 5.41) is 0.806. The van der Waals surface area contributed by atoms with Gasteiger partial charge in [0.1, 0.15) is 11.6 Å². The van der Waals surface area contributed by atoms with Crippen molar-refractivity contribution in [2.45, 2.75) is 40.3 Å². The first-order valence-corrected chi connectivity index (χ1v) is 9.08. The molecule has 5 heteroatoms. The molecular weight excluding hydrogens is 346 g/mol. The fraction of sp³-hybridized carbons (Fsp3) is 0.318. The van der Waals surface area contributed by atoms with Crippen LogP contribution in [0.5, 0.6) is 0 Å². The standard InChI is InChI=1S/C22H22F2N2O/c1-22(2,3)11-21(27)25-12-18-17-10-15(24)6-9-19(17)26(20(18)13-25)16-7-4-14(23)5-8-16/h4-10H,11-13H2,1-3H3. The van der Waals surface area contributed by atoms with Crippen molar-refractivity contribution in [2.24, 2.45) is 5.41 Å². The number of hydrogen-bond donors (Lipinski definition) is 0. The van der Waals surface area contributed by atoms with E-state index < -0.39 is 0 Å². The van der Waals surface area contributed by atoms with E-state index in [4.69, 9.17) is 0 Å². The molecule has 1 aliphatic heterocycles. The van der Waals surface area contributed by atoms with E-state index >= 15 is 0 Å². The first-order chi connectivity index (χ1) is 12.7. The van der Waals surface area contributed by atoms with Crippen LogP contribution in [0.25, 0.3) is 16.6 Å². The van der Waals surface area contributed by atoms with E-state index in [1.165, 1.54) is 24.3 Å². The predicted octanol–water partition coefficient (Wildman–Crippen LogP) is 5.19. The number of halogens is 2. The summed E-state index contributed by atoms with van der Waals surface area (Å²) in [7, 11) is 0. The lowest BCUT2D eigenvalue weighted by molar-refractivity contribution is -0.133. The van der Waals surface area contributed by atoms with Crippen LogP contribution in [0.3, 0.4) is 0 Å². The summed E-state index contributed by atoms with van der Waals surface area (Å²) >= 11 is 0. The molecule has 0 bridgehead atoms. The van der Waals surface area contributed by atoms with Crippen molar-refractivity contribution in [3.63, 3.8) is 0 Å². The van der Waals surface area contributed by atoms with Crippen LogP contribution in [0.1, 0.15) is 38.4 Å². The van der Waals surface area contributed by atoms with Crippen LogP contribution in [-0.2, 0) is 17.9 Å². The van der Waals surface area contributed by atoms with Gasteiger partial charge in [-0.15, -0.1) is 0 Å². The van der Waals surface area contributed by atoms with Crippen molar-refractivity contribution in [1.29, 1.82) is 0 Å². The van der Waals surface area contributed by atoms with Crippen molar-refractivity contribution in [3.8, 4) is 5.69 Å². The van der Waals surface area contributed by atoms with Crippen LogP contribution in [0.4, 0.5) is 8.78 Å². The van der Waals surface area contributed by atoms with Gasteiger partial charge in [0.2, 0.25) is 5.91 Å². The number of carbonyl (C=O) groups is 1. The summed E-state index contributed by atoms with van der Waals surface area (Å²) in [5.41, 5.74) is 3.51. The van der Waals surface area contributed by atoms with Gasteiger partial charge in [0.15, 0.2) is 0 Å². The molecule has 0 aliphatic carbocycles. The predicted molar refractivity (Wildman–Crippen MR) is 102 cm³/mol. The molecule has 2 heterocycles. The summed E-state index contributed by atoms with van der Waals surface area (Å²) < 4.78 is 29.3. The van der Waals surface area contributed by atoms with Crippen molar-refractivity contribution in [1.82, 2.24) is 9.47 Å². The monoisotopic (exact) mass is 368 g/mol. The van der Waals surface area contributed by atoms with Gasteiger partial charge in [0.25, 0.3) is 0 Å². The zero-order valence-electron chi connectivity index (χ0n) is 15.7. The topological polar surface area (TPSA) is 25.2 Å². The van der Waals surface area contributed by atoms with E-state index in [-0.39, 0.29) is 23.0 Å². The maximum atomic E-state index is 13.9. The Morgan fingerprint density at radius 1 is 1.00 bits per heavy atom. The molecule has 4 rings (SSSR count). The van der Waals surface area contributed by atoms with Gasteiger partial charge >= 0.3 is 0 Å². The van der Waals surface area contributed by atoms with Crippen LogP contribution in [0.15, 0.2) is 42.5 Å². The summed E-state index contributed by atoms with van der Waals surface area (Å²) in [6, 6.07) is 10.9. The fourth-order valence-corrected chi connectivity index (χ4v) is 3.78. The van der Waals surface area contributed by atoms with E-state index in [9.17, 15) is 13.6 Å². The van der Waals surface area contributed by atoms with E-state index in [1.54, 1.807) is 18.2 Å². The van der Waals surface area contributed by atoms with Crippen molar-refractivity contribution < 1.29 is 13.6 Å². The number of hydrogen-bond acceptors (Lipinski definition) is 1. The number of rotatable bonds is 2. The fourth-order valence-electron chi connectivity index (χ4n) is 3.78. The highest BCUT2D eigenvalue weighted by atomic mass is 19.1. The van der Waals surface area contributed by atoms with Gasteiger partial charge in [0.05, 0.1) is 12.1 Å². The Kier molecular flexibility index (Phi) is 4.06. The van der Waals surface area contributed by atoms with Crippen molar-refractivity contribution in [3.05, 3.63) is 65.4 Å². The molecule has 2 aromatic carbocycles. The van der Waals surface area contributed by atoms with E-state index in [1.807, 2.05) is 30.2 Å². The number of fused-ring (bicyclic) bond motifs is 3. The van der Waals surface area contributed by atoms with Crippen LogP contribution in [0, 0.1) is 17.0 Å². The molecule has 27 heavy (non-hydrogen) atoms. The molecule has 0 radical (unpaired) electrons. The summed E-state index contributed by atoms with van der Waals surface area (Å²) in [5.74, 6) is -0.519. The Hall–Kier alpha value is -2.69. The molecule has 0 saturated carbocycles. The first-order valence-electron chi connectivity index (χ1n) is 9.08. The lowest BCUT2D eigenvalue weighted by Gasteiger charge is -2.23. The summed E-state index contributed by atoms with van der Waals surface area (Å²) in [6.45, 7) is 7.06. The average molecular weight is 368 g/mol. The average Bonchev–Trinajstić information content (AvgIpc) is 3.12. The molecule has 1 amide bonds. The van der Waals surface area contributed by atoms with Crippen molar-refractivity contribution >= 4 is 16.8 Å². The molecule has 1 aromatic heterocycles. The molecule has 0 N–H and O–H groups in total. The number of carbonyl (C=O) groups excluding carboxylic acids is 1. The highest BCUT2D eigenvalue weighted by Gasteiger charge is 2.31.